The van der Waals surface area contributed by atoms with E-state index in [0.717, 1.165) is 52.0 Å². The minimum Gasteiger partial charge on any atom is -0.351 e. The standard InChI is InChI=1S/C25H30Cl2FN9/c1-2-18-14-36(24-22(27)32-21-12-30-25(31-15-29)34-23(21)33-24)9-10-37(18)19-5-7-35(8-6-19)13-16-3-4-17(26)11-20(16)28/h3-4,11,18-19H,2,5-10,12-14H2,1H3,(H2,30,31,33,34)/t18-/m0/s1. The van der Waals surface area contributed by atoms with E-state index in [4.69, 9.17) is 33.4 Å². The Balaban J connectivity index is 1.20. The van der Waals surface area contributed by atoms with Crippen molar-refractivity contribution in [1.29, 1.82) is 5.26 Å². The quantitative estimate of drug-likeness (QED) is 0.432. The second-order valence-corrected chi connectivity index (χ2v) is 10.4. The summed E-state index contributed by atoms with van der Waals surface area (Å²) in [6.07, 6.45) is 5.00. The summed E-state index contributed by atoms with van der Waals surface area (Å²) in [7, 11) is 0. The number of fused-ring (bicyclic) bond motifs is 1. The molecule has 9 nitrogen and oxygen atoms in total. The maximum atomic E-state index is 14.3. The lowest BCUT2D eigenvalue weighted by atomic mass is 9.98. The molecular weight excluding hydrogens is 516 g/mol. The number of piperazine rings is 1. The lowest BCUT2D eigenvalue weighted by Crippen LogP contribution is -2.58. The monoisotopic (exact) mass is 545 g/mol. The number of piperidine rings is 1. The van der Waals surface area contributed by atoms with E-state index in [1.54, 1.807) is 12.1 Å². The third-order valence-corrected chi connectivity index (χ3v) is 7.93. The Kier molecular flexibility index (Phi) is 7.95. The summed E-state index contributed by atoms with van der Waals surface area (Å²) in [5.41, 5.74) is 1.36. The molecule has 5 rings (SSSR count). The molecule has 3 aliphatic rings. The zero-order valence-electron chi connectivity index (χ0n) is 20.7. The van der Waals surface area contributed by atoms with Crippen LogP contribution in [0.5, 0.6) is 0 Å². The normalized spacial score (nSPS) is 21.1. The number of aliphatic imine (C=N–C) groups is 1. The number of benzene rings is 1. The molecule has 196 valence electrons. The van der Waals surface area contributed by atoms with Gasteiger partial charge in [-0.1, -0.05) is 36.2 Å². The predicted octanol–water partition coefficient (Wildman–Crippen LogP) is 3.84. The molecule has 0 aliphatic carbocycles. The molecule has 1 aromatic carbocycles. The molecule has 0 radical (unpaired) electrons. The molecule has 3 aliphatic heterocycles. The van der Waals surface area contributed by atoms with Crippen molar-refractivity contribution in [3.8, 4) is 6.19 Å². The zero-order valence-corrected chi connectivity index (χ0v) is 22.2. The van der Waals surface area contributed by atoms with E-state index >= 15 is 0 Å². The predicted molar refractivity (Wildman–Crippen MR) is 143 cm³/mol. The first kappa shape index (κ1) is 25.9. The number of likely N-dealkylation sites (tertiary alicyclic amines) is 1. The van der Waals surface area contributed by atoms with Gasteiger partial charge >= 0.3 is 0 Å². The van der Waals surface area contributed by atoms with Gasteiger partial charge in [-0.2, -0.15) is 5.26 Å². The van der Waals surface area contributed by atoms with Crippen LogP contribution >= 0.6 is 23.2 Å². The Morgan fingerprint density at radius 1 is 1.19 bits per heavy atom. The van der Waals surface area contributed by atoms with Gasteiger partial charge < -0.3 is 10.2 Å². The molecule has 2 saturated heterocycles. The Morgan fingerprint density at radius 3 is 2.73 bits per heavy atom. The topological polar surface area (TPSA) is 95.7 Å². The van der Waals surface area contributed by atoms with Crippen molar-refractivity contribution in [3.63, 3.8) is 0 Å². The third kappa shape index (κ3) is 5.75. The Bertz CT molecular complexity index is 1210. The number of rotatable bonds is 5. The summed E-state index contributed by atoms with van der Waals surface area (Å²) >= 11 is 12.5. The van der Waals surface area contributed by atoms with E-state index in [9.17, 15) is 4.39 Å². The van der Waals surface area contributed by atoms with Gasteiger partial charge in [-0.15, -0.1) is 0 Å². The first-order chi connectivity index (χ1) is 17.9. The van der Waals surface area contributed by atoms with E-state index in [0.29, 0.717) is 64.2 Å². The lowest BCUT2D eigenvalue weighted by molar-refractivity contribution is 0.0607. The minimum absolute atomic E-state index is 0.235. The summed E-state index contributed by atoms with van der Waals surface area (Å²) in [5.74, 6) is 1.36. The van der Waals surface area contributed by atoms with Crippen LogP contribution in [-0.2, 0) is 13.1 Å². The molecule has 0 spiro atoms. The fraction of sp³-hybridized carbons (Fsp3) is 0.520. The molecule has 1 aromatic heterocycles. The number of nitrogens with one attached hydrogen (secondary N) is 2. The Morgan fingerprint density at radius 2 is 2.00 bits per heavy atom. The highest BCUT2D eigenvalue weighted by Gasteiger charge is 2.34. The van der Waals surface area contributed by atoms with Gasteiger partial charge in [0.1, 0.15) is 11.5 Å². The van der Waals surface area contributed by atoms with Crippen molar-refractivity contribution in [1.82, 2.24) is 25.1 Å². The number of guanidine groups is 1. The largest absolute Gasteiger partial charge is 0.351 e. The van der Waals surface area contributed by atoms with Crippen LogP contribution in [0.4, 0.5) is 16.0 Å². The molecule has 4 heterocycles. The fourth-order valence-electron chi connectivity index (χ4n) is 5.48. The summed E-state index contributed by atoms with van der Waals surface area (Å²) in [4.78, 5) is 20.7. The van der Waals surface area contributed by atoms with Gasteiger partial charge in [0.05, 0.1) is 6.54 Å². The van der Waals surface area contributed by atoms with Crippen LogP contribution in [0.3, 0.4) is 0 Å². The van der Waals surface area contributed by atoms with Crippen LogP contribution in [0.25, 0.3) is 0 Å². The van der Waals surface area contributed by atoms with E-state index in [2.05, 4.69) is 42.2 Å². The second-order valence-electron chi connectivity index (χ2n) is 9.65. The number of anilines is 2. The van der Waals surface area contributed by atoms with Crippen LogP contribution in [0.2, 0.25) is 10.2 Å². The van der Waals surface area contributed by atoms with Crippen LogP contribution in [-0.4, -0.2) is 70.5 Å². The van der Waals surface area contributed by atoms with Crippen molar-refractivity contribution in [2.75, 3.05) is 42.9 Å². The van der Waals surface area contributed by atoms with Crippen molar-refractivity contribution < 1.29 is 4.39 Å². The van der Waals surface area contributed by atoms with Crippen LogP contribution in [0.15, 0.2) is 23.2 Å². The highest BCUT2D eigenvalue weighted by atomic mass is 35.5. The number of hydrogen-bond acceptors (Lipinski definition) is 9. The maximum absolute atomic E-state index is 14.3. The van der Waals surface area contributed by atoms with Crippen molar-refractivity contribution in [3.05, 3.63) is 45.4 Å². The molecule has 2 fully saturated rings. The Hall–Kier alpha value is -2.71. The molecule has 2 aromatic rings. The van der Waals surface area contributed by atoms with Gasteiger partial charge in [-0.3, -0.25) is 15.1 Å². The minimum atomic E-state index is -0.235. The average molecular weight is 546 g/mol. The molecule has 12 heteroatoms. The first-order valence-corrected chi connectivity index (χ1v) is 13.4. The summed E-state index contributed by atoms with van der Waals surface area (Å²) in [5, 5.41) is 15.2. The van der Waals surface area contributed by atoms with Crippen LogP contribution in [0, 0.1) is 17.3 Å². The molecule has 0 amide bonds. The molecule has 2 N–H and O–H groups in total. The molecule has 37 heavy (non-hydrogen) atoms. The van der Waals surface area contributed by atoms with Gasteiger partial charge in [0.15, 0.2) is 23.0 Å². The molecular formula is C25H30Cl2FN9. The van der Waals surface area contributed by atoms with Crippen molar-refractivity contribution in [2.24, 2.45) is 4.99 Å². The van der Waals surface area contributed by atoms with Crippen LogP contribution in [0.1, 0.15) is 37.4 Å². The number of hydrogen-bond donors (Lipinski definition) is 2. The van der Waals surface area contributed by atoms with Gasteiger partial charge in [-0.25, -0.2) is 19.4 Å². The number of nitrogens with zero attached hydrogens (tertiary/aromatic N) is 7. The Labute approximate surface area is 226 Å². The summed E-state index contributed by atoms with van der Waals surface area (Å²) in [6.45, 7) is 7.57. The fourth-order valence-corrected chi connectivity index (χ4v) is 5.91. The van der Waals surface area contributed by atoms with Gasteiger partial charge in [0.25, 0.3) is 0 Å². The van der Waals surface area contributed by atoms with Crippen molar-refractivity contribution in [2.45, 2.75) is 51.4 Å². The molecule has 0 bridgehead atoms. The maximum Gasteiger partial charge on any atom is 0.210 e. The smallest absolute Gasteiger partial charge is 0.210 e. The number of nitriles is 1. The van der Waals surface area contributed by atoms with Gasteiger partial charge in [0, 0.05) is 48.8 Å². The van der Waals surface area contributed by atoms with E-state index in [1.165, 1.54) is 6.07 Å². The molecule has 0 saturated carbocycles. The van der Waals surface area contributed by atoms with Gasteiger partial charge in [-0.05, 0) is 44.5 Å². The highest BCUT2D eigenvalue weighted by Crippen LogP contribution is 2.31. The number of halogens is 3. The first-order valence-electron chi connectivity index (χ1n) is 12.6. The average Bonchev–Trinajstić information content (AvgIpc) is 2.90. The highest BCUT2D eigenvalue weighted by molar-refractivity contribution is 6.31. The SMILES string of the molecule is CC[C@H]1CN(c2nc3c(nc2Cl)CN=C(NC#N)N3)CCN1C1CCN(Cc2ccc(Cl)cc2F)CC1. The van der Waals surface area contributed by atoms with E-state index < -0.39 is 0 Å². The number of aromatic nitrogens is 2. The third-order valence-electron chi connectivity index (χ3n) is 7.44. The van der Waals surface area contributed by atoms with Crippen LogP contribution < -0.4 is 15.5 Å². The van der Waals surface area contributed by atoms with E-state index in [1.807, 2.05) is 6.19 Å². The zero-order chi connectivity index (χ0) is 25.9. The lowest BCUT2D eigenvalue weighted by Gasteiger charge is -2.47. The summed E-state index contributed by atoms with van der Waals surface area (Å²) < 4.78 is 14.3. The molecule has 0 unspecified atom stereocenters. The van der Waals surface area contributed by atoms with E-state index in [-0.39, 0.29) is 5.82 Å². The second kappa shape index (κ2) is 11.4. The summed E-state index contributed by atoms with van der Waals surface area (Å²) in [6, 6.07) is 5.80. The molecule has 1 atom stereocenters. The van der Waals surface area contributed by atoms with Gasteiger partial charge in [0.2, 0.25) is 5.96 Å². The van der Waals surface area contributed by atoms with Crippen molar-refractivity contribution >= 4 is 40.8 Å².